The van der Waals surface area contributed by atoms with Crippen LogP contribution in [0, 0.1) is 0 Å². The average molecular weight is 467 g/mol. The number of hydrogen-bond acceptors (Lipinski definition) is 6. The van der Waals surface area contributed by atoms with Crippen molar-refractivity contribution in [2.45, 2.75) is 13.2 Å². The highest BCUT2D eigenvalue weighted by molar-refractivity contribution is 5.84. The van der Waals surface area contributed by atoms with Crippen LogP contribution >= 0.6 is 0 Å². The first-order valence-electron chi connectivity index (χ1n) is 10.9. The summed E-state index contributed by atoms with van der Waals surface area (Å²) in [5.74, 6) is 0.732. The molecule has 5 rings (SSSR count). The molecule has 0 aliphatic carbocycles. The van der Waals surface area contributed by atoms with E-state index >= 15 is 0 Å². The summed E-state index contributed by atoms with van der Waals surface area (Å²) in [6.45, 7) is 0.0564. The molecule has 0 amide bonds. The van der Waals surface area contributed by atoms with Gasteiger partial charge in [-0.3, -0.25) is 14.2 Å². The van der Waals surface area contributed by atoms with Crippen molar-refractivity contribution in [2.75, 3.05) is 31.2 Å². The molecule has 0 unspecified atom stereocenters. The van der Waals surface area contributed by atoms with Crippen LogP contribution in [0.4, 0.5) is 14.7 Å². The van der Waals surface area contributed by atoms with E-state index < -0.39 is 6.61 Å². The highest BCUT2D eigenvalue weighted by Crippen LogP contribution is 2.26. The Morgan fingerprint density at radius 1 is 1.06 bits per heavy atom. The minimum absolute atomic E-state index is 0.0788. The standard InChI is InChI=1S/C24H23F2N5O3/c1-29-22(32)19-7-6-16(18-13-27-24(28-14-18)30-8-10-33-11-9-30)12-20(19)31(29)15-17-4-2-3-5-21(17)34-23(25)26/h2-7,12-14,23H,8-11,15H2,1H3. The third kappa shape index (κ3) is 4.24. The SMILES string of the molecule is Cn1c(=O)c2ccc(-c3cnc(N4CCOCC4)nc3)cc2n1Cc1ccccc1OC(F)F. The van der Waals surface area contributed by atoms with Crippen LogP contribution in [0.3, 0.4) is 0 Å². The number of aromatic nitrogens is 4. The van der Waals surface area contributed by atoms with Crippen LogP contribution in [-0.2, 0) is 18.3 Å². The number of anilines is 1. The number of hydrogen-bond donors (Lipinski definition) is 0. The van der Waals surface area contributed by atoms with E-state index in [2.05, 4.69) is 19.6 Å². The third-order valence-corrected chi connectivity index (χ3v) is 5.94. The molecule has 1 aliphatic rings. The Morgan fingerprint density at radius 3 is 2.53 bits per heavy atom. The molecule has 3 heterocycles. The van der Waals surface area contributed by atoms with Crippen molar-refractivity contribution in [1.82, 2.24) is 19.3 Å². The van der Waals surface area contributed by atoms with Crippen molar-refractivity contribution < 1.29 is 18.3 Å². The van der Waals surface area contributed by atoms with Crippen LogP contribution in [0.2, 0.25) is 0 Å². The summed E-state index contributed by atoms with van der Waals surface area (Å²) < 4.78 is 39.0. The van der Waals surface area contributed by atoms with Crippen LogP contribution in [0.5, 0.6) is 5.75 Å². The number of morpholine rings is 1. The van der Waals surface area contributed by atoms with Crippen LogP contribution in [-0.4, -0.2) is 52.2 Å². The van der Waals surface area contributed by atoms with Gasteiger partial charge in [0, 0.05) is 43.7 Å². The van der Waals surface area contributed by atoms with E-state index in [9.17, 15) is 13.6 Å². The molecule has 1 fully saturated rings. The predicted molar refractivity (Wildman–Crippen MR) is 123 cm³/mol. The van der Waals surface area contributed by atoms with E-state index in [1.165, 1.54) is 10.7 Å². The third-order valence-electron chi connectivity index (χ3n) is 5.94. The van der Waals surface area contributed by atoms with Crippen molar-refractivity contribution in [3.05, 3.63) is 70.8 Å². The lowest BCUT2D eigenvalue weighted by Crippen LogP contribution is -2.37. The van der Waals surface area contributed by atoms with Gasteiger partial charge in [0.25, 0.3) is 5.56 Å². The van der Waals surface area contributed by atoms with Gasteiger partial charge in [0.05, 0.1) is 30.7 Å². The quantitative estimate of drug-likeness (QED) is 0.433. The van der Waals surface area contributed by atoms with Crippen LogP contribution in [0.25, 0.3) is 22.0 Å². The van der Waals surface area contributed by atoms with E-state index in [4.69, 9.17) is 4.74 Å². The lowest BCUT2D eigenvalue weighted by molar-refractivity contribution is -0.0505. The Bertz CT molecular complexity index is 1360. The first-order chi connectivity index (χ1) is 16.5. The van der Waals surface area contributed by atoms with Crippen molar-refractivity contribution >= 4 is 16.9 Å². The summed E-state index contributed by atoms with van der Waals surface area (Å²) in [4.78, 5) is 23.9. The molecule has 0 bridgehead atoms. The number of nitrogens with zero attached hydrogens (tertiary/aromatic N) is 5. The monoisotopic (exact) mass is 467 g/mol. The molecule has 1 aliphatic heterocycles. The van der Waals surface area contributed by atoms with E-state index in [1.54, 1.807) is 48.4 Å². The normalized spacial score (nSPS) is 14.2. The first kappa shape index (κ1) is 22.0. The minimum Gasteiger partial charge on any atom is -0.434 e. The Kier molecular flexibility index (Phi) is 5.97. The second kappa shape index (κ2) is 9.22. The number of alkyl halides is 2. The Morgan fingerprint density at radius 2 is 1.79 bits per heavy atom. The zero-order chi connectivity index (χ0) is 23.7. The van der Waals surface area contributed by atoms with Gasteiger partial charge in [-0.2, -0.15) is 8.78 Å². The van der Waals surface area contributed by atoms with Crippen molar-refractivity contribution in [1.29, 1.82) is 0 Å². The molecule has 2 aromatic carbocycles. The second-order valence-electron chi connectivity index (χ2n) is 7.98. The molecule has 0 spiro atoms. The highest BCUT2D eigenvalue weighted by Gasteiger charge is 2.17. The molecule has 10 heteroatoms. The summed E-state index contributed by atoms with van der Waals surface area (Å²) in [6.07, 6.45) is 3.52. The molecule has 8 nitrogen and oxygen atoms in total. The van der Waals surface area contributed by atoms with Gasteiger partial charge in [-0.05, 0) is 23.8 Å². The van der Waals surface area contributed by atoms with Gasteiger partial charge < -0.3 is 14.4 Å². The molecule has 0 atom stereocenters. The molecule has 34 heavy (non-hydrogen) atoms. The number of ether oxygens (including phenoxy) is 2. The van der Waals surface area contributed by atoms with E-state index in [0.717, 1.165) is 24.2 Å². The number of fused-ring (bicyclic) bond motifs is 1. The summed E-state index contributed by atoms with van der Waals surface area (Å²) in [5, 5.41) is 0.532. The van der Waals surface area contributed by atoms with E-state index in [-0.39, 0.29) is 17.9 Å². The van der Waals surface area contributed by atoms with Gasteiger partial charge >= 0.3 is 6.61 Å². The molecule has 4 aromatic rings. The van der Waals surface area contributed by atoms with Gasteiger partial charge in [0.2, 0.25) is 5.95 Å². The van der Waals surface area contributed by atoms with Gasteiger partial charge in [-0.15, -0.1) is 0 Å². The Labute approximate surface area is 194 Å². The molecule has 2 aromatic heterocycles. The molecular formula is C24H23F2N5O3. The lowest BCUT2D eigenvalue weighted by Gasteiger charge is -2.26. The molecule has 1 saturated heterocycles. The summed E-state index contributed by atoms with van der Waals surface area (Å²) in [5.41, 5.74) is 2.70. The maximum Gasteiger partial charge on any atom is 0.387 e. The maximum absolute atomic E-state index is 12.9. The van der Waals surface area contributed by atoms with Crippen molar-refractivity contribution in [2.24, 2.45) is 7.05 Å². The number of benzene rings is 2. The first-order valence-corrected chi connectivity index (χ1v) is 10.9. The zero-order valence-electron chi connectivity index (χ0n) is 18.5. The molecule has 176 valence electrons. The van der Waals surface area contributed by atoms with Gasteiger partial charge in [-0.1, -0.05) is 24.3 Å². The van der Waals surface area contributed by atoms with Crippen LogP contribution in [0.1, 0.15) is 5.56 Å². The Hall–Kier alpha value is -3.79. The molecule has 0 saturated carbocycles. The summed E-state index contributed by atoms with van der Waals surface area (Å²) in [6, 6.07) is 12.1. The minimum atomic E-state index is -2.93. The lowest BCUT2D eigenvalue weighted by atomic mass is 10.1. The largest absolute Gasteiger partial charge is 0.434 e. The Balaban J connectivity index is 1.50. The predicted octanol–water partition coefficient (Wildman–Crippen LogP) is 3.28. The fraction of sp³-hybridized carbons (Fsp3) is 0.292. The number of rotatable bonds is 6. The smallest absolute Gasteiger partial charge is 0.387 e. The van der Waals surface area contributed by atoms with Gasteiger partial charge in [0.1, 0.15) is 5.75 Å². The number of halogens is 2. The van der Waals surface area contributed by atoms with E-state index in [1.807, 2.05) is 12.1 Å². The van der Waals surface area contributed by atoms with Gasteiger partial charge in [-0.25, -0.2) is 9.97 Å². The maximum atomic E-state index is 12.9. The van der Waals surface area contributed by atoms with Crippen LogP contribution < -0.4 is 15.2 Å². The molecule has 0 radical (unpaired) electrons. The fourth-order valence-electron chi connectivity index (χ4n) is 4.15. The highest BCUT2D eigenvalue weighted by atomic mass is 19.3. The fourth-order valence-corrected chi connectivity index (χ4v) is 4.15. The topological polar surface area (TPSA) is 74.4 Å². The average Bonchev–Trinajstić information content (AvgIpc) is 3.10. The van der Waals surface area contributed by atoms with Crippen molar-refractivity contribution in [3.8, 4) is 16.9 Å². The van der Waals surface area contributed by atoms with Crippen LogP contribution in [0.15, 0.2) is 59.7 Å². The molecule has 0 N–H and O–H groups in total. The number of para-hydroxylation sites is 1. The zero-order valence-corrected chi connectivity index (χ0v) is 18.5. The molecular weight excluding hydrogens is 444 g/mol. The van der Waals surface area contributed by atoms with Gasteiger partial charge in [0.15, 0.2) is 0 Å². The van der Waals surface area contributed by atoms with E-state index in [0.29, 0.717) is 35.6 Å². The van der Waals surface area contributed by atoms with Crippen molar-refractivity contribution in [3.63, 3.8) is 0 Å². The summed E-state index contributed by atoms with van der Waals surface area (Å²) in [7, 11) is 1.65. The summed E-state index contributed by atoms with van der Waals surface area (Å²) >= 11 is 0. The second-order valence-corrected chi connectivity index (χ2v) is 7.98.